The van der Waals surface area contributed by atoms with Crippen LogP contribution in [0.2, 0.25) is 0 Å². The molecule has 1 aliphatic carbocycles. The fourth-order valence-electron chi connectivity index (χ4n) is 5.11. The van der Waals surface area contributed by atoms with Crippen molar-refractivity contribution >= 4 is 21.9 Å². The van der Waals surface area contributed by atoms with E-state index in [4.69, 9.17) is 14.4 Å². The molecule has 0 saturated heterocycles. The first-order chi connectivity index (χ1) is 16.7. The lowest BCUT2D eigenvalue weighted by atomic mass is 9.85. The molecule has 0 radical (unpaired) electrons. The first-order valence-electron chi connectivity index (χ1n) is 10.9. The number of fused-ring (bicyclic) bond motifs is 6. The van der Waals surface area contributed by atoms with E-state index in [1.807, 2.05) is 18.2 Å². The lowest BCUT2D eigenvalue weighted by molar-refractivity contribution is 0.659. The number of para-hydroxylation sites is 1. The highest BCUT2D eigenvalue weighted by molar-refractivity contribution is 6.14. The van der Waals surface area contributed by atoms with Crippen LogP contribution < -0.4 is 0 Å². The maximum Gasteiger partial charge on any atom is 0.163 e. The lowest BCUT2D eigenvalue weighted by Gasteiger charge is -2.19. The Balaban J connectivity index is 1.66. The first kappa shape index (κ1) is 18.9. The molecule has 34 heavy (non-hydrogen) atoms. The summed E-state index contributed by atoms with van der Waals surface area (Å²) in [6.45, 7) is 4.20. The van der Waals surface area contributed by atoms with E-state index in [1.165, 1.54) is 12.7 Å². The van der Waals surface area contributed by atoms with E-state index in [2.05, 4.69) is 44.8 Å². The van der Waals surface area contributed by atoms with Gasteiger partial charge in [-0.15, -0.1) is 0 Å². The molecule has 6 aromatic rings. The van der Waals surface area contributed by atoms with Gasteiger partial charge in [0.25, 0.3) is 0 Å². The minimum atomic E-state index is -0.249. The summed E-state index contributed by atoms with van der Waals surface area (Å²) in [7, 11) is 0. The van der Waals surface area contributed by atoms with Gasteiger partial charge in [0, 0.05) is 46.7 Å². The Morgan fingerprint density at radius 1 is 0.735 bits per heavy atom. The highest BCUT2D eigenvalue weighted by Crippen LogP contribution is 2.50. The Morgan fingerprint density at radius 3 is 2.09 bits per heavy atom. The molecule has 1 aliphatic rings. The molecule has 0 atom stereocenters. The van der Waals surface area contributed by atoms with Crippen molar-refractivity contribution in [2.45, 2.75) is 19.8 Å². The number of rotatable bonds is 2. The van der Waals surface area contributed by atoms with Crippen molar-refractivity contribution in [1.29, 1.82) is 0 Å². The molecule has 0 N–H and O–H groups in total. The molecule has 4 aromatic heterocycles. The second-order valence-corrected chi connectivity index (χ2v) is 8.32. The number of benzene rings is 2. The quantitative estimate of drug-likeness (QED) is 0.375. The van der Waals surface area contributed by atoms with Crippen LogP contribution >= 0.6 is 0 Å². The van der Waals surface area contributed by atoms with Crippen molar-refractivity contribution in [2.24, 2.45) is 0 Å². The molecule has 0 aliphatic heterocycles. The maximum absolute atomic E-state index is 6.56. The predicted molar refractivity (Wildman–Crippen MR) is 126 cm³/mol. The highest BCUT2D eigenvalue weighted by Gasteiger charge is 2.38. The molecule has 162 valence electrons. The van der Waals surface area contributed by atoms with Crippen molar-refractivity contribution in [2.75, 3.05) is 0 Å². The van der Waals surface area contributed by atoms with Crippen molar-refractivity contribution in [3.8, 4) is 22.8 Å². The smallest absolute Gasteiger partial charge is 0.163 e. The zero-order chi connectivity index (χ0) is 22.8. The Morgan fingerprint density at radius 2 is 1.38 bits per heavy atom. The fraction of sp³-hybridized carbons (Fsp3) is 0.115. The number of hydrogen-bond donors (Lipinski definition) is 0. The summed E-state index contributed by atoms with van der Waals surface area (Å²) in [6, 6.07) is 8.04. The van der Waals surface area contributed by atoms with Crippen LogP contribution in [0, 0.1) is 13.8 Å². The number of nitrogens with zero attached hydrogens (tertiary/aromatic N) is 7. The molecular formula is C26H17N7O. The van der Waals surface area contributed by atoms with E-state index < -0.39 is 0 Å². The molecule has 0 fully saturated rings. The average molecular weight is 443 g/mol. The Hall–Kier alpha value is -4.59. The summed E-state index contributed by atoms with van der Waals surface area (Å²) >= 11 is 0. The molecule has 7 rings (SSSR count). The van der Waals surface area contributed by atoms with E-state index >= 15 is 0 Å². The molecule has 0 unspecified atom stereocenters. The van der Waals surface area contributed by atoms with Crippen LogP contribution in [0.5, 0.6) is 0 Å². The van der Waals surface area contributed by atoms with Gasteiger partial charge in [0.15, 0.2) is 5.82 Å². The normalized spacial score (nSPS) is 12.9. The Labute approximate surface area is 193 Å². The zero-order valence-corrected chi connectivity index (χ0v) is 18.4. The largest absolute Gasteiger partial charge is 0.456 e. The van der Waals surface area contributed by atoms with Gasteiger partial charge in [0.05, 0.1) is 17.3 Å². The molecule has 0 saturated carbocycles. The second kappa shape index (κ2) is 6.95. The average Bonchev–Trinajstić information content (AvgIpc) is 3.42. The van der Waals surface area contributed by atoms with E-state index in [0.29, 0.717) is 5.82 Å². The maximum atomic E-state index is 6.56. The van der Waals surface area contributed by atoms with Gasteiger partial charge in [0.2, 0.25) is 0 Å². The van der Waals surface area contributed by atoms with Crippen molar-refractivity contribution in [1.82, 2.24) is 34.9 Å². The highest BCUT2D eigenvalue weighted by atomic mass is 16.3. The van der Waals surface area contributed by atoms with Gasteiger partial charge >= 0.3 is 0 Å². The summed E-state index contributed by atoms with van der Waals surface area (Å²) in [4.78, 5) is 31.6. The third-order valence-corrected chi connectivity index (χ3v) is 6.66. The predicted octanol–water partition coefficient (Wildman–Crippen LogP) is 4.80. The van der Waals surface area contributed by atoms with Crippen molar-refractivity contribution in [3.63, 3.8) is 0 Å². The second-order valence-electron chi connectivity index (χ2n) is 8.32. The third kappa shape index (κ3) is 2.45. The zero-order valence-electron chi connectivity index (χ0n) is 18.4. The number of furan rings is 1. The Bertz CT molecular complexity index is 1700. The number of aromatic nitrogens is 7. The van der Waals surface area contributed by atoms with Crippen molar-refractivity contribution < 1.29 is 4.42 Å². The lowest BCUT2D eigenvalue weighted by Crippen LogP contribution is -2.08. The minimum Gasteiger partial charge on any atom is -0.456 e. The molecule has 2 aromatic carbocycles. The van der Waals surface area contributed by atoms with E-state index in [0.717, 1.165) is 67.0 Å². The van der Waals surface area contributed by atoms with E-state index in [9.17, 15) is 0 Å². The van der Waals surface area contributed by atoms with Gasteiger partial charge in [-0.3, -0.25) is 19.9 Å². The molecule has 4 heterocycles. The summed E-state index contributed by atoms with van der Waals surface area (Å²) in [6.07, 6.45) is 9.86. The van der Waals surface area contributed by atoms with Crippen LogP contribution in [0.1, 0.15) is 34.0 Å². The molecule has 8 heteroatoms. The van der Waals surface area contributed by atoms with Gasteiger partial charge < -0.3 is 4.42 Å². The molecule has 0 amide bonds. The summed E-state index contributed by atoms with van der Waals surface area (Å²) < 4.78 is 6.56. The van der Waals surface area contributed by atoms with Crippen LogP contribution in [0.3, 0.4) is 0 Å². The SMILES string of the molecule is Cc1c(C)c(-c2ncncn2)c2c(oc3ccccc32)c1C1c2nccnc2-c2nccnc21. The van der Waals surface area contributed by atoms with Gasteiger partial charge in [-0.05, 0) is 31.0 Å². The minimum absolute atomic E-state index is 0.249. The van der Waals surface area contributed by atoms with Gasteiger partial charge in [-0.25, -0.2) is 15.0 Å². The third-order valence-electron chi connectivity index (χ3n) is 6.66. The summed E-state index contributed by atoms with van der Waals surface area (Å²) in [5.41, 5.74) is 8.88. The van der Waals surface area contributed by atoms with Gasteiger partial charge in [-0.1, -0.05) is 18.2 Å². The fourth-order valence-corrected chi connectivity index (χ4v) is 5.11. The van der Waals surface area contributed by atoms with Crippen molar-refractivity contribution in [3.05, 3.63) is 89.8 Å². The molecule has 0 spiro atoms. The topological polar surface area (TPSA) is 103 Å². The molecule has 0 bridgehead atoms. The van der Waals surface area contributed by atoms with E-state index in [-0.39, 0.29) is 5.92 Å². The van der Waals surface area contributed by atoms with Crippen LogP contribution in [-0.2, 0) is 0 Å². The summed E-state index contributed by atoms with van der Waals surface area (Å²) in [5.74, 6) is 0.368. The van der Waals surface area contributed by atoms with Gasteiger partial charge in [0.1, 0.15) is 35.2 Å². The Kier molecular flexibility index (Phi) is 3.87. The molecular weight excluding hydrogens is 426 g/mol. The standard InChI is InChI=1S/C26H17N7O/c1-13-14(2)18(26-32-11-27-12-33-26)19-15-5-3-4-6-16(15)34-25(19)17(13)20-21-23(30-9-7-28-21)24-22(20)29-8-10-31-24/h3-12,20H,1-2H3. The van der Waals surface area contributed by atoms with Gasteiger partial charge in [-0.2, -0.15) is 0 Å². The van der Waals surface area contributed by atoms with Crippen LogP contribution in [0.4, 0.5) is 0 Å². The van der Waals surface area contributed by atoms with Crippen LogP contribution in [0.25, 0.3) is 44.7 Å². The summed E-state index contributed by atoms with van der Waals surface area (Å²) in [5, 5.41) is 1.98. The monoisotopic (exact) mass is 443 g/mol. The van der Waals surface area contributed by atoms with Crippen LogP contribution in [0.15, 0.2) is 66.1 Å². The van der Waals surface area contributed by atoms with Crippen LogP contribution in [-0.4, -0.2) is 34.9 Å². The first-order valence-corrected chi connectivity index (χ1v) is 10.9. The van der Waals surface area contributed by atoms with E-state index in [1.54, 1.807) is 24.8 Å². The number of hydrogen-bond acceptors (Lipinski definition) is 8. The molecule has 8 nitrogen and oxygen atoms in total.